The molecule has 1 aromatic rings. The van der Waals surface area contributed by atoms with Crippen molar-refractivity contribution in [2.45, 2.75) is 12.7 Å². The van der Waals surface area contributed by atoms with Gasteiger partial charge in [-0.25, -0.2) is 0 Å². The van der Waals surface area contributed by atoms with Crippen LogP contribution in [-0.2, 0) is 6.54 Å². The SMILES string of the molecule is N/C(=N/O)C(CNCc1cccnc1)C(F)(F)F. The smallest absolute Gasteiger partial charge is 0.400 e. The van der Waals surface area contributed by atoms with Crippen molar-refractivity contribution in [3.63, 3.8) is 0 Å². The number of nitrogens with zero attached hydrogens (tertiary/aromatic N) is 2. The molecule has 0 aliphatic heterocycles. The Morgan fingerprint density at radius 3 is 2.78 bits per heavy atom. The maximum Gasteiger partial charge on any atom is 0.400 e. The minimum absolute atomic E-state index is 0.221. The first kappa shape index (κ1) is 14.2. The lowest BCUT2D eigenvalue weighted by atomic mass is 10.1. The molecule has 0 aliphatic carbocycles. The summed E-state index contributed by atoms with van der Waals surface area (Å²) >= 11 is 0. The number of amidine groups is 1. The highest BCUT2D eigenvalue weighted by Crippen LogP contribution is 2.25. The monoisotopic (exact) mass is 262 g/mol. The minimum atomic E-state index is -4.56. The number of hydrogen-bond donors (Lipinski definition) is 3. The summed E-state index contributed by atoms with van der Waals surface area (Å²) in [5.41, 5.74) is 5.76. The van der Waals surface area contributed by atoms with Crippen LogP contribution in [-0.4, -0.2) is 28.7 Å². The van der Waals surface area contributed by atoms with Crippen LogP contribution in [0.2, 0.25) is 0 Å². The van der Waals surface area contributed by atoms with Gasteiger partial charge in [0.25, 0.3) is 0 Å². The highest BCUT2D eigenvalue weighted by atomic mass is 19.4. The Bertz CT molecular complexity index is 394. The molecule has 0 saturated heterocycles. The van der Waals surface area contributed by atoms with Gasteiger partial charge in [-0.1, -0.05) is 11.2 Å². The lowest BCUT2D eigenvalue weighted by Gasteiger charge is -2.19. The normalized spacial score (nSPS) is 14.5. The number of nitrogens with two attached hydrogens (primary N) is 1. The Balaban J connectivity index is 2.54. The first-order chi connectivity index (χ1) is 8.45. The third kappa shape index (κ3) is 4.21. The molecule has 0 radical (unpaired) electrons. The van der Waals surface area contributed by atoms with Crippen LogP contribution in [0.5, 0.6) is 0 Å². The second-order valence-electron chi connectivity index (χ2n) is 3.61. The van der Waals surface area contributed by atoms with E-state index in [0.29, 0.717) is 0 Å². The lowest BCUT2D eigenvalue weighted by Crippen LogP contribution is -2.42. The topological polar surface area (TPSA) is 83.5 Å². The molecular weight excluding hydrogens is 249 g/mol. The molecule has 0 saturated carbocycles. The number of oxime groups is 1. The quantitative estimate of drug-likeness (QED) is 0.321. The van der Waals surface area contributed by atoms with E-state index in [9.17, 15) is 13.2 Å². The van der Waals surface area contributed by atoms with Gasteiger partial charge in [0, 0.05) is 25.5 Å². The number of hydrogen-bond acceptors (Lipinski definition) is 4. The van der Waals surface area contributed by atoms with Crippen molar-refractivity contribution in [3.8, 4) is 0 Å². The van der Waals surface area contributed by atoms with Gasteiger partial charge in [0.05, 0.1) is 0 Å². The van der Waals surface area contributed by atoms with Crippen LogP contribution >= 0.6 is 0 Å². The summed E-state index contributed by atoms with van der Waals surface area (Å²) in [6, 6.07) is 3.41. The zero-order chi connectivity index (χ0) is 13.6. The molecule has 4 N–H and O–H groups in total. The molecule has 18 heavy (non-hydrogen) atoms. The van der Waals surface area contributed by atoms with Crippen LogP contribution in [0.3, 0.4) is 0 Å². The number of pyridine rings is 1. The fourth-order valence-corrected chi connectivity index (χ4v) is 1.32. The molecule has 0 aromatic carbocycles. The maximum atomic E-state index is 12.6. The van der Waals surface area contributed by atoms with Gasteiger partial charge in [0.2, 0.25) is 0 Å². The zero-order valence-corrected chi connectivity index (χ0v) is 9.35. The number of nitrogens with one attached hydrogen (secondary N) is 1. The molecule has 1 unspecified atom stereocenters. The summed E-state index contributed by atoms with van der Waals surface area (Å²) in [4.78, 5) is 3.83. The second-order valence-corrected chi connectivity index (χ2v) is 3.61. The van der Waals surface area contributed by atoms with Crippen molar-refractivity contribution in [2.75, 3.05) is 6.54 Å². The molecule has 5 nitrogen and oxygen atoms in total. The molecule has 0 amide bonds. The lowest BCUT2D eigenvalue weighted by molar-refractivity contribution is -0.154. The van der Waals surface area contributed by atoms with Crippen LogP contribution < -0.4 is 11.1 Å². The molecule has 1 rings (SSSR count). The van der Waals surface area contributed by atoms with E-state index in [1.807, 2.05) is 0 Å². The van der Waals surface area contributed by atoms with E-state index in [1.165, 1.54) is 0 Å². The predicted molar refractivity (Wildman–Crippen MR) is 58.9 cm³/mol. The first-order valence-electron chi connectivity index (χ1n) is 5.09. The van der Waals surface area contributed by atoms with Crippen LogP contribution in [0.25, 0.3) is 0 Å². The van der Waals surface area contributed by atoms with Crippen LogP contribution in [0.1, 0.15) is 5.56 Å². The summed E-state index contributed by atoms with van der Waals surface area (Å²) in [5, 5.41) is 13.3. The Hall–Kier alpha value is -1.83. The highest BCUT2D eigenvalue weighted by molar-refractivity contribution is 5.83. The van der Waals surface area contributed by atoms with Crippen LogP contribution in [0.15, 0.2) is 29.7 Å². The molecule has 0 fully saturated rings. The van der Waals surface area contributed by atoms with Crippen molar-refractivity contribution >= 4 is 5.84 Å². The molecule has 1 aromatic heterocycles. The minimum Gasteiger partial charge on any atom is -0.409 e. The van der Waals surface area contributed by atoms with E-state index < -0.39 is 24.5 Å². The standard InChI is InChI=1S/C10H13F3N4O/c11-10(12,13)8(9(14)17-18)6-16-5-7-2-1-3-15-4-7/h1-4,8,16,18H,5-6H2,(H2,14,17). The van der Waals surface area contributed by atoms with E-state index in [2.05, 4.69) is 15.5 Å². The maximum absolute atomic E-state index is 12.6. The Morgan fingerprint density at radius 1 is 1.56 bits per heavy atom. The van der Waals surface area contributed by atoms with Gasteiger partial charge in [-0.05, 0) is 11.6 Å². The second kappa shape index (κ2) is 6.20. The summed E-state index contributed by atoms with van der Waals surface area (Å²) in [6.45, 7) is -0.243. The third-order valence-electron chi connectivity index (χ3n) is 2.27. The van der Waals surface area contributed by atoms with Gasteiger partial charge in [-0.3, -0.25) is 4.98 Å². The third-order valence-corrected chi connectivity index (χ3v) is 2.27. The molecule has 0 spiro atoms. The van der Waals surface area contributed by atoms with Crippen LogP contribution in [0.4, 0.5) is 13.2 Å². The summed E-state index contributed by atoms with van der Waals surface area (Å²) in [5.74, 6) is -2.87. The van der Waals surface area contributed by atoms with Crippen molar-refractivity contribution < 1.29 is 18.4 Å². The number of alkyl halides is 3. The fourth-order valence-electron chi connectivity index (χ4n) is 1.32. The molecule has 100 valence electrons. The number of halogens is 3. The Labute approximate surface area is 102 Å². The predicted octanol–water partition coefficient (Wildman–Crippen LogP) is 1.10. The molecular formula is C10H13F3N4O. The number of rotatable bonds is 5. The number of aromatic nitrogens is 1. The van der Waals surface area contributed by atoms with Gasteiger partial charge in [0.15, 0.2) is 5.84 Å². The van der Waals surface area contributed by atoms with Crippen molar-refractivity contribution in [2.24, 2.45) is 16.8 Å². The highest BCUT2D eigenvalue weighted by Gasteiger charge is 2.42. The van der Waals surface area contributed by atoms with Crippen molar-refractivity contribution in [1.82, 2.24) is 10.3 Å². The van der Waals surface area contributed by atoms with Gasteiger partial charge < -0.3 is 16.3 Å². The molecule has 8 heteroatoms. The zero-order valence-electron chi connectivity index (χ0n) is 9.35. The first-order valence-corrected chi connectivity index (χ1v) is 5.09. The molecule has 0 aliphatic rings. The average Bonchev–Trinajstić information content (AvgIpc) is 2.33. The molecule has 1 atom stereocenters. The largest absolute Gasteiger partial charge is 0.409 e. The van der Waals surface area contributed by atoms with E-state index in [1.54, 1.807) is 24.5 Å². The molecule has 1 heterocycles. The summed E-state index contributed by atoms with van der Waals surface area (Å²) in [7, 11) is 0. The van der Waals surface area contributed by atoms with Gasteiger partial charge in [-0.15, -0.1) is 0 Å². The van der Waals surface area contributed by atoms with Crippen LogP contribution in [0, 0.1) is 5.92 Å². The van der Waals surface area contributed by atoms with Crippen molar-refractivity contribution in [1.29, 1.82) is 0 Å². The van der Waals surface area contributed by atoms with E-state index >= 15 is 0 Å². The van der Waals surface area contributed by atoms with E-state index in [-0.39, 0.29) is 6.54 Å². The van der Waals surface area contributed by atoms with Gasteiger partial charge >= 0.3 is 6.18 Å². The fraction of sp³-hybridized carbons (Fsp3) is 0.400. The summed E-state index contributed by atoms with van der Waals surface area (Å²) in [6.07, 6.45) is -1.45. The Kier molecular flexibility index (Phi) is 4.90. The van der Waals surface area contributed by atoms with Gasteiger partial charge in [-0.2, -0.15) is 13.2 Å². The Morgan fingerprint density at radius 2 is 2.28 bits per heavy atom. The average molecular weight is 262 g/mol. The van der Waals surface area contributed by atoms with Crippen molar-refractivity contribution in [3.05, 3.63) is 30.1 Å². The summed E-state index contributed by atoms with van der Waals surface area (Å²) < 4.78 is 37.7. The molecule has 0 bridgehead atoms. The van der Waals surface area contributed by atoms with Gasteiger partial charge in [0.1, 0.15) is 5.92 Å². The van der Waals surface area contributed by atoms with E-state index in [4.69, 9.17) is 10.9 Å². The van der Waals surface area contributed by atoms with E-state index in [0.717, 1.165) is 5.56 Å².